The van der Waals surface area contributed by atoms with Gasteiger partial charge in [-0.2, -0.15) is 0 Å². The van der Waals surface area contributed by atoms with Crippen LogP contribution in [0.2, 0.25) is 0 Å². The van der Waals surface area contributed by atoms with E-state index in [2.05, 4.69) is 27.6 Å². The van der Waals surface area contributed by atoms with Crippen LogP contribution in [0, 0.1) is 6.92 Å². The first kappa shape index (κ1) is 8.37. The molecule has 1 aromatic carbocycles. The van der Waals surface area contributed by atoms with Gasteiger partial charge >= 0.3 is 0 Å². The lowest BCUT2D eigenvalue weighted by atomic mass is 10.4. The van der Waals surface area contributed by atoms with Crippen molar-refractivity contribution in [1.29, 1.82) is 0 Å². The number of rotatable bonds is 2. The van der Waals surface area contributed by atoms with Crippen LogP contribution in [0.3, 0.4) is 0 Å². The Morgan fingerprint density at radius 1 is 1.08 bits per heavy atom. The molecule has 0 aliphatic carbocycles. The van der Waals surface area contributed by atoms with Gasteiger partial charge < -0.3 is 0 Å². The van der Waals surface area contributed by atoms with E-state index in [0.717, 1.165) is 4.90 Å². The SMILES string of the molecule is [CH2]C1(Sc2ccccc2)N=NN=N1. The summed E-state index contributed by atoms with van der Waals surface area (Å²) in [5, 5.41) is 14.5. The van der Waals surface area contributed by atoms with Gasteiger partial charge in [-0.25, -0.2) is 0 Å². The molecule has 0 aromatic heterocycles. The second-order valence-corrected chi connectivity index (χ2v) is 3.87. The zero-order valence-electron chi connectivity index (χ0n) is 6.79. The number of hydrogen-bond acceptors (Lipinski definition) is 5. The van der Waals surface area contributed by atoms with Crippen LogP contribution >= 0.6 is 11.8 Å². The fraction of sp³-hybridized carbons (Fsp3) is 0.125. The summed E-state index contributed by atoms with van der Waals surface area (Å²) in [6, 6.07) is 9.81. The fourth-order valence-electron chi connectivity index (χ4n) is 0.918. The molecule has 0 saturated carbocycles. The zero-order valence-corrected chi connectivity index (χ0v) is 7.61. The molecule has 0 saturated heterocycles. The van der Waals surface area contributed by atoms with Crippen LogP contribution in [0.4, 0.5) is 0 Å². The standard InChI is InChI=1S/C8H7N4S/c1-8(9-11-12-10-8)13-7-5-3-2-4-6-7/h2-6H,1H2. The topological polar surface area (TPSA) is 49.4 Å². The molecule has 0 amide bonds. The monoisotopic (exact) mass is 191 g/mol. The molecule has 0 bridgehead atoms. The number of benzene rings is 1. The van der Waals surface area contributed by atoms with Crippen molar-refractivity contribution in [3.8, 4) is 0 Å². The van der Waals surface area contributed by atoms with Gasteiger partial charge in [-0.15, -0.1) is 10.2 Å². The average Bonchev–Trinajstić information content (AvgIpc) is 2.54. The van der Waals surface area contributed by atoms with Crippen molar-refractivity contribution in [2.45, 2.75) is 9.89 Å². The molecule has 0 atom stereocenters. The summed E-state index contributed by atoms with van der Waals surface area (Å²) in [5.41, 5.74) is 0. The van der Waals surface area contributed by atoms with Crippen LogP contribution in [0.1, 0.15) is 0 Å². The molecule has 5 heteroatoms. The van der Waals surface area contributed by atoms with Gasteiger partial charge in [0, 0.05) is 11.8 Å². The summed E-state index contributed by atoms with van der Waals surface area (Å²) in [7, 11) is 0. The van der Waals surface area contributed by atoms with Gasteiger partial charge in [0.15, 0.2) is 0 Å². The summed E-state index contributed by atoms with van der Waals surface area (Å²) in [6.07, 6.45) is 0. The summed E-state index contributed by atoms with van der Waals surface area (Å²) < 4.78 is 0. The highest BCUT2D eigenvalue weighted by atomic mass is 32.2. The van der Waals surface area contributed by atoms with Gasteiger partial charge in [-0.1, -0.05) is 30.0 Å². The van der Waals surface area contributed by atoms with Gasteiger partial charge in [0.2, 0.25) is 4.99 Å². The minimum absolute atomic E-state index is 0.818. The Balaban J connectivity index is 2.15. The largest absolute Gasteiger partial charge is 0.245 e. The Morgan fingerprint density at radius 3 is 2.31 bits per heavy atom. The highest BCUT2D eigenvalue weighted by molar-refractivity contribution is 8.00. The Kier molecular flexibility index (Phi) is 2.10. The molecular formula is C8H7N4S. The molecule has 1 aliphatic heterocycles. The fourth-order valence-corrected chi connectivity index (χ4v) is 1.74. The maximum atomic E-state index is 3.81. The smallest absolute Gasteiger partial charge is 0.123 e. The normalized spacial score (nSPS) is 17.9. The second-order valence-electron chi connectivity index (χ2n) is 2.54. The van der Waals surface area contributed by atoms with E-state index in [1.165, 1.54) is 11.8 Å². The molecule has 0 unspecified atom stereocenters. The van der Waals surface area contributed by atoms with Crippen LogP contribution < -0.4 is 0 Å². The maximum Gasteiger partial charge on any atom is 0.245 e. The third kappa shape index (κ3) is 1.92. The van der Waals surface area contributed by atoms with Crippen LogP contribution in [0.15, 0.2) is 55.9 Å². The molecule has 2 rings (SSSR count). The Morgan fingerprint density at radius 2 is 1.69 bits per heavy atom. The summed E-state index contributed by atoms with van der Waals surface area (Å²) in [4.78, 5) is 0.235. The van der Waals surface area contributed by atoms with E-state index in [9.17, 15) is 0 Å². The van der Waals surface area contributed by atoms with Crippen molar-refractivity contribution in [3.63, 3.8) is 0 Å². The molecule has 4 nitrogen and oxygen atoms in total. The molecule has 13 heavy (non-hydrogen) atoms. The van der Waals surface area contributed by atoms with E-state index in [1.54, 1.807) is 0 Å². The molecular weight excluding hydrogens is 184 g/mol. The third-order valence-electron chi connectivity index (χ3n) is 1.47. The number of thioether (sulfide) groups is 1. The Bertz CT molecular complexity index is 334. The predicted octanol–water partition coefficient (Wildman–Crippen LogP) is 3.10. The molecule has 0 spiro atoms. The first-order valence-electron chi connectivity index (χ1n) is 3.72. The highest BCUT2D eigenvalue weighted by Crippen LogP contribution is 2.37. The van der Waals surface area contributed by atoms with Gasteiger partial charge in [-0.05, 0) is 22.6 Å². The number of hydrogen-bond donors (Lipinski definition) is 0. The van der Waals surface area contributed by atoms with Gasteiger partial charge in [0.05, 0.1) is 0 Å². The van der Waals surface area contributed by atoms with E-state index in [0.29, 0.717) is 0 Å². The van der Waals surface area contributed by atoms with Crippen LogP contribution in [-0.2, 0) is 0 Å². The first-order chi connectivity index (χ1) is 6.29. The van der Waals surface area contributed by atoms with E-state index in [-0.39, 0.29) is 0 Å². The van der Waals surface area contributed by atoms with Crippen LogP contribution in [0.25, 0.3) is 0 Å². The van der Waals surface area contributed by atoms with Crippen LogP contribution in [0.5, 0.6) is 0 Å². The highest BCUT2D eigenvalue weighted by Gasteiger charge is 2.28. The van der Waals surface area contributed by atoms with Gasteiger partial charge in [0.1, 0.15) is 0 Å². The minimum atomic E-state index is -0.818. The molecule has 1 heterocycles. The Hall–Kier alpha value is -1.23. The van der Waals surface area contributed by atoms with Crippen molar-refractivity contribution >= 4 is 11.8 Å². The average molecular weight is 191 g/mol. The molecule has 1 aliphatic rings. The van der Waals surface area contributed by atoms with Crippen molar-refractivity contribution in [3.05, 3.63) is 37.3 Å². The van der Waals surface area contributed by atoms with Crippen molar-refractivity contribution < 1.29 is 0 Å². The van der Waals surface area contributed by atoms with Crippen molar-refractivity contribution in [2.24, 2.45) is 20.7 Å². The van der Waals surface area contributed by atoms with E-state index in [1.807, 2.05) is 30.3 Å². The van der Waals surface area contributed by atoms with Gasteiger partial charge in [0.25, 0.3) is 0 Å². The zero-order chi connectivity index (χ0) is 9.15. The molecule has 1 radical (unpaired) electrons. The summed E-state index contributed by atoms with van der Waals surface area (Å²) >= 11 is 1.42. The van der Waals surface area contributed by atoms with Crippen LogP contribution in [-0.4, -0.2) is 4.99 Å². The molecule has 1 aromatic rings. The van der Waals surface area contributed by atoms with Crippen molar-refractivity contribution in [1.82, 2.24) is 0 Å². The lowest BCUT2D eigenvalue weighted by molar-refractivity contribution is 0.785. The van der Waals surface area contributed by atoms with E-state index < -0.39 is 4.99 Å². The third-order valence-corrected chi connectivity index (χ3v) is 2.46. The molecule has 0 N–H and O–H groups in total. The Labute approximate surface area is 80.1 Å². The van der Waals surface area contributed by atoms with E-state index >= 15 is 0 Å². The minimum Gasteiger partial charge on any atom is -0.123 e. The van der Waals surface area contributed by atoms with Crippen molar-refractivity contribution in [2.75, 3.05) is 0 Å². The number of nitrogens with zero attached hydrogens (tertiary/aromatic N) is 4. The predicted molar refractivity (Wildman–Crippen MR) is 50.1 cm³/mol. The van der Waals surface area contributed by atoms with Gasteiger partial charge in [-0.3, -0.25) is 0 Å². The first-order valence-corrected chi connectivity index (χ1v) is 4.54. The lowest BCUT2D eigenvalue weighted by Gasteiger charge is -2.11. The summed E-state index contributed by atoms with van der Waals surface area (Å²) in [6.45, 7) is 3.81. The molecule has 65 valence electrons. The maximum absolute atomic E-state index is 3.81. The van der Waals surface area contributed by atoms with E-state index in [4.69, 9.17) is 0 Å². The lowest BCUT2D eigenvalue weighted by Crippen LogP contribution is -2.09. The molecule has 0 fully saturated rings. The second kappa shape index (κ2) is 3.26. The summed E-state index contributed by atoms with van der Waals surface area (Å²) in [5.74, 6) is 0. The quantitative estimate of drug-likeness (QED) is 0.708.